The fraction of sp³-hybridized carbons (Fsp3) is 0.900. The molecule has 1 aliphatic heterocycles. The van der Waals surface area contributed by atoms with Crippen LogP contribution in [-0.4, -0.2) is 42.1 Å². The van der Waals surface area contributed by atoms with E-state index in [9.17, 15) is 4.79 Å². The summed E-state index contributed by atoms with van der Waals surface area (Å²) >= 11 is 0. The molecule has 2 N–H and O–H groups in total. The van der Waals surface area contributed by atoms with Gasteiger partial charge in [-0.05, 0) is 26.2 Å². The van der Waals surface area contributed by atoms with Crippen LogP contribution in [0.1, 0.15) is 26.2 Å². The highest BCUT2D eigenvalue weighted by Crippen LogP contribution is 2.31. The molecule has 4 nitrogen and oxygen atoms in total. The van der Waals surface area contributed by atoms with Crippen molar-refractivity contribution in [1.82, 2.24) is 4.90 Å². The second-order valence-corrected chi connectivity index (χ2v) is 4.43. The number of morpholine rings is 1. The van der Waals surface area contributed by atoms with Gasteiger partial charge < -0.3 is 15.4 Å². The summed E-state index contributed by atoms with van der Waals surface area (Å²) in [4.78, 5) is 13.9. The minimum atomic E-state index is -0.550. The first-order valence-electron chi connectivity index (χ1n) is 5.31. The number of nitrogens with two attached hydrogens (primary N) is 1. The van der Waals surface area contributed by atoms with E-state index >= 15 is 0 Å². The van der Waals surface area contributed by atoms with Crippen molar-refractivity contribution in [3.63, 3.8) is 0 Å². The molecule has 0 unspecified atom stereocenters. The first kappa shape index (κ1) is 9.93. The van der Waals surface area contributed by atoms with Crippen LogP contribution in [-0.2, 0) is 9.53 Å². The maximum atomic E-state index is 12.1. The zero-order valence-electron chi connectivity index (χ0n) is 8.66. The van der Waals surface area contributed by atoms with E-state index in [1.54, 1.807) is 0 Å². The van der Waals surface area contributed by atoms with E-state index in [0.29, 0.717) is 19.8 Å². The molecule has 1 aliphatic carbocycles. The molecular weight excluding hydrogens is 180 g/mol. The Kier molecular flexibility index (Phi) is 2.49. The summed E-state index contributed by atoms with van der Waals surface area (Å²) in [5, 5.41) is 0. The van der Waals surface area contributed by atoms with Gasteiger partial charge in [0.05, 0.1) is 24.8 Å². The SMILES string of the molecule is C[C@@H]1COCCN1C(=O)C1(N)CCC1. The monoisotopic (exact) mass is 198 g/mol. The summed E-state index contributed by atoms with van der Waals surface area (Å²) in [6.07, 6.45) is 2.77. The molecule has 0 aromatic heterocycles. The van der Waals surface area contributed by atoms with Crippen molar-refractivity contribution >= 4 is 5.91 Å². The number of hydrogen-bond donors (Lipinski definition) is 1. The van der Waals surface area contributed by atoms with Crippen molar-refractivity contribution in [2.45, 2.75) is 37.8 Å². The lowest BCUT2D eigenvalue weighted by molar-refractivity contribution is -0.148. The van der Waals surface area contributed by atoms with Gasteiger partial charge in [0, 0.05) is 6.54 Å². The van der Waals surface area contributed by atoms with Crippen LogP contribution in [0.25, 0.3) is 0 Å². The van der Waals surface area contributed by atoms with Crippen molar-refractivity contribution in [1.29, 1.82) is 0 Å². The van der Waals surface area contributed by atoms with Crippen molar-refractivity contribution in [2.75, 3.05) is 19.8 Å². The predicted octanol–water partition coefficient (Wildman–Crippen LogP) is 0.115. The molecule has 2 aliphatic rings. The number of hydrogen-bond acceptors (Lipinski definition) is 3. The lowest BCUT2D eigenvalue weighted by Crippen LogP contribution is -2.63. The third kappa shape index (κ3) is 1.53. The number of nitrogens with zero attached hydrogens (tertiary/aromatic N) is 1. The van der Waals surface area contributed by atoms with Crippen LogP contribution in [0.3, 0.4) is 0 Å². The highest BCUT2D eigenvalue weighted by Gasteiger charge is 2.44. The van der Waals surface area contributed by atoms with Crippen molar-refractivity contribution in [3.8, 4) is 0 Å². The molecule has 0 bridgehead atoms. The van der Waals surface area contributed by atoms with Gasteiger partial charge in [-0.15, -0.1) is 0 Å². The molecule has 14 heavy (non-hydrogen) atoms. The molecule has 0 aromatic carbocycles. The molecule has 4 heteroatoms. The molecule has 1 saturated carbocycles. The summed E-state index contributed by atoms with van der Waals surface area (Å²) in [6, 6.07) is 0.178. The van der Waals surface area contributed by atoms with Gasteiger partial charge in [-0.2, -0.15) is 0 Å². The van der Waals surface area contributed by atoms with E-state index in [2.05, 4.69) is 0 Å². The van der Waals surface area contributed by atoms with Gasteiger partial charge in [0.25, 0.3) is 0 Å². The summed E-state index contributed by atoms with van der Waals surface area (Å²) in [7, 11) is 0. The number of carbonyl (C=O) groups is 1. The molecule has 2 rings (SSSR count). The topological polar surface area (TPSA) is 55.6 Å². The summed E-state index contributed by atoms with van der Waals surface area (Å²) in [5.74, 6) is 0.125. The standard InChI is InChI=1S/C10H18N2O2/c1-8-7-14-6-5-12(8)9(13)10(11)3-2-4-10/h8H,2-7,11H2,1H3/t8-/m1/s1. The Morgan fingerprint density at radius 3 is 2.79 bits per heavy atom. The van der Waals surface area contributed by atoms with Crippen LogP contribution in [0.5, 0.6) is 0 Å². The number of amides is 1. The Bertz CT molecular complexity index is 238. The third-order valence-electron chi connectivity index (χ3n) is 3.30. The van der Waals surface area contributed by atoms with Crippen LogP contribution in [0, 0.1) is 0 Å². The minimum Gasteiger partial charge on any atom is -0.377 e. The Labute approximate surface area is 84.4 Å². The molecule has 0 aromatic rings. The fourth-order valence-corrected chi connectivity index (χ4v) is 2.09. The quantitative estimate of drug-likeness (QED) is 0.651. The zero-order chi connectivity index (χ0) is 10.2. The largest absolute Gasteiger partial charge is 0.377 e. The van der Waals surface area contributed by atoms with E-state index in [-0.39, 0.29) is 11.9 Å². The number of ether oxygens (including phenoxy) is 1. The van der Waals surface area contributed by atoms with Crippen LogP contribution in [0.2, 0.25) is 0 Å². The lowest BCUT2D eigenvalue weighted by Gasteiger charge is -2.43. The second-order valence-electron chi connectivity index (χ2n) is 4.43. The van der Waals surface area contributed by atoms with Gasteiger partial charge in [0.15, 0.2) is 0 Å². The Morgan fingerprint density at radius 2 is 2.29 bits per heavy atom. The van der Waals surface area contributed by atoms with E-state index in [0.717, 1.165) is 19.3 Å². The van der Waals surface area contributed by atoms with Gasteiger partial charge >= 0.3 is 0 Å². The van der Waals surface area contributed by atoms with Gasteiger partial charge in [-0.25, -0.2) is 0 Å². The molecule has 0 spiro atoms. The number of rotatable bonds is 1. The van der Waals surface area contributed by atoms with Crippen LogP contribution < -0.4 is 5.73 Å². The maximum Gasteiger partial charge on any atom is 0.243 e. The summed E-state index contributed by atoms with van der Waals surface area (Å²) in [5.41, 5.74) is 5.46. The Balaban J connectivity index is 2.02. The predicted molar refractivity (Wildman–Crippen MR) is 52.8 cm³/mol. The highest BCUT2D eigenvalue weighted by atomic mass is 16.5. The van der Waals surface area contributed by atoms with Crippen molar-refractivity contribution in [3.05, 3.63) is 0 Å². The molecule has 1 atom stereocenters. The average Bonchev–Trinajstić information content (AvgIpc) is 2.14. The first-order chi connectivity index (χ1) is 6.63. The van der Waals surface area contributed by atoms with Crippen LogP contribution >= 0.6 is 0 Å². The van der Waals surface area contributed by atoms with Gasteiger partial charge in [-0.1, -0.05) is 0 Å². The molecule has 0 radical (unpaired) electrons. The van der Waals surface area contributed by atoms with Crippen LogP contribution in [0.15, 0.2) is 0 Å². The zero-order valence-corrected chi connectivity index (χ0v) is 8.66. The Morgan fingerprint density at radius 1 is 1.57 bits per heavy atom. The van der Waals surface area contributed by atoms with Gasteiger partial charge in [-0.3, -0.25) is 4.79 Å². The van der Waals surface area contributed by atoms with Gasteiger partial charge in [0.1, 0.15) is 0 Å². The fourth-order valence-electron chi connectivity index (χ4n) is 2.09. The molecule has 80 valence electrons. The second kappa shape index (κ2) is 3.51. The third-order valence-corrected chi connectivity index (χ3v) is 3.30. The minimum absolute atomic E-state index is 0.125. The van der Waals surface area contributed by atoms with Gasteiger partial charge in [0.2, 0.25) is 5.91 Å². The van der Waals surface area contributed by atoms with E-state index < -0.39 is 5.54 Å². The first-order valence-corrected chi connectivity index (χ1v) is 5.31. The molecule has 2 fully saturated rings. The lowest BCUT2D eigenvalue weighted by atomic mass is 9.76. The highest BCUT2D eigenvalue weighted by molar-refractivity contribution is 5.87. The van der Waals surface area contributed by atoms with E-state index in [1.165, 1.54) is 0 Å². The summed E-state index contributed by atoms with van der Waals surface area (Å²) < 4.78 is 5.29. The van der Waals surface area contributed by atoms with E-state index in [1.807, 2.05) is 11.8 Å². The van der Waals surface area contributed by atoms with E-state index in [4.69, 9.17) is 10.5 Å². The van der Waals surface area contributed by atoms with Crippen molar-refractivity contribution < 1.29 is 9.53 Å². The van der Waals surface area contributed by atoms with Crippen molar-refractivity contribution in [2.24, 2.45) is 5.73 Å². The summed E-state index contributed by atoms with van der Waals surface area (Å²) in [6.45, 7) is 3.99. The average molecular weight is 198 g/mol. The molecule has 1 saturated heterocycles. The maximum absolute atomic E-state index is 12.1. The molecule has 1 heterocycles. The number of carbonyl (C=O) groups excluding carboxylic acids is 1. The van der Waals surface area contributed by atoms with Crippen LogP contribution in [0.4, 0.5) is 0 Å². The molecular formula is C10H18N2O2. The normalized spacial score (nSPS) is 31.0. The Hall–Kier alpha value is -0.610. The smallest absolute Gasteiger partial charge is 0.243 e. The molecule has 1 amide bonds.